The van der Waals surface area contributed by atoms with Crippen molar-refractivity contribution in [1.82, 2.24) is 0 Å². The number of rotatable bonds is 5. The molecule has 5 N–H and O–H groups in total. The third-order valence-electron chi connectivity index (χ3n) is 8.38. The second-order valence-corrected chi connectivity index (χ2v) is 11.6. The topological polar surface area (TPSA) is 130 Å². The highest BCUT2D eigenvalue weighted by atomic mass is 32.2. The summed E-state index contributed by atoms with van der Waals surface area (Å²) in [4.78, 5) is 25.7. The predicted molar refractivity (Wildman–Crippen MR) is 124 cm³/mol. The fraction of sp³-hybridized carbons (Fsp3) is 0.750. The second kappa shape index (κ2) is 8.24. The van der Waals surface area contributed by atoms with Crippen molar-refractivity contribution >= 4 is 23.5 Å². The van der Waals surface area contributed by atoms with Gasteiger partial charge in [0.25, 0.3) is 0 Å². The van der Waals surface area contributed by atoms with Crippen LogP contribution in [-0.4, -0.2) is 68.5 Å². The molecule has 1 fully saturated rings. The lowest BCUT2D eigenvalue weighted by atomic mass is 9.48. The third-order valence-corrected chi connectivity index (χ3v) is 9.07. The summed E-state index contributed by atoms with van der Waals surface area (Å²) in [6.07, 6.45) is 5.63. The first-order valence-corrected chi connectivity index (χ1v) is 12.5. The molecule has 3 aliphatic rings. The molecule has 0 amide bonds. The van der Waals surface area contributed by atoms with Crippen molar-refractivity contribution in [2.75, 3.05) is 18.6 Å². The molecular weight excluding hydrogens is 430 g/mol. The fourth-order valence-electron chi connectivity index (χ4n) is 6.19. The van der Waals surface area contributed by atoms with Gasteiger partial charge in [-0.2, -0.15) is 11.8 Å². The summed E-state index contributed by atoms with van der Waals surface area (Å²) in [6, 6.07) is -0.755. The van der Waals surface area contributed by atoms with Gasteiger partial charge in [-0.25, -0.2) is 0 Å². The summed E-state index contributed by atoms with van der Waals surface area (Å²) in [5.41, 5.74) is 1.87. The summed E-state index contributed by atoms with van der Waals surface area (Å²) in [5, 5.41) is 33.8. The number of Topliss-reactive ketones (excluding diaryl/α,β-unsaturated/α-hetero) is 1. The maximum Gasteiger partial charge on any atom is 0.324 e. The number of ketones is 1. The summed E-state index contributed by atoms with van der Waals surface area (Å²) < 4.78 is 6.04. The standard InChI is InChI=1S/C24H37NO6S/c1-13-7-18-23(29,19(13)27)10-15(11-26)8-17-21(3,4)22(5,9-14(2)24(17,18)30)31-20(28)16(25)12-32-6/h7-8,14,16-18,26,29-30H,9-12,25H2,1-6H3/t14-,16+,17+,18-,22-,23-,24-/m1/s1. The number of ether oxygens (including phenoxy) is 1. The van der Waals surface area contributed by atoms with Crippen LogP contribution < -0.4 is 5.73 Å². The summed E-state index contributed by atoms with van der Waals surface area (Å²) in [5.74, 6) is -2.31. The van der Waals surface area contributed by atoms with Crippen LogP contribution in [-0.2, 0) is 14.3 Å². The molecule has 0 saturated heterocycles. The molecule has 0 bridgehead atoms. The Morgan fingerprint density at radius 1 is 1.28 bits per heavy atom. The molecule has 180 valence electrons. The third kappa shape index (κ3) is 3.50. The van der Waals surface area contributed by atoms with Gasteiger partial charge < -0.3 is 25.8 Å². The van der Waals surface area contributed by atoms with E-state index >= 15 is 0 Å². The Labute approximate surface area is 194 Å². The monoisotopic (exact) mass is 467 g/mol. The quantitative estimate of drug-likeness (QED) is 0.354. The van der Waals surface area contributed by atoms with Crippen LogP contribution in [0.4, 0.5) is 0 Å². The highest BCUT2D eigenvalue weighted by Crippen LogP contribution is 2.62. The molecule has 3 rings (SSSR count). The van der Waals surface area contributed by atoms with Crippen LogP contribution in [0.25, 0.3) is 0 Å². The van der Waals surface area contributed by atoms with Gasteiger partial charge in [0.15, 0.2) is 5.78 Å². The molecule has 7 nitrogen and oxygen atoms in total. The number of aliphatic hydroxyl groups is 3. The fourth-order valence-corrected chi connectivity index (χ4v) is 6.68. The van der Waals surface area contributed by atoms with Crippen LogP contribution in [0.15, 0.2) is 23.3 Å². The largest absolute Gasteiger partial charge is 0.458 e. The van der Waals surface area contributed by atoms with Crippen molar-refractivity contribution < 1.29 is 29.6 Å². The minimum Gasteiger partial charge on any atom is -0.458 e. The second-order valence-electron chi connectivity index (χ2n) is 10.6. The van der Waals surface area contributed by atoms with Gasteiger partial charge in [0.05, 0.1) is 12.2 Å². The first-order chi connectivity index (χ1) is 14.7. The van der Waals surface area contributed by atoms with Crippen molar-refractivity contribution in [2.45, 2.75) is 70.3 Å². The SMILES string of the molecule is CSC[C@H](N)C(=O)O[C@]1(C)C[C@@H](C)[C@@]2(O)[C@@H](C=C(CO)C[C@]3(O)C(=O)C(C)=C[C@@H]23)C1(C)C. The van der Waals surface area contributed by atoms with Crippen molar-refractivity contribution in [3.63, 3.8) is 0 Å². The van der Waals surface area contributed by atoms with Crippen LogP contribution in [0, 0.1) is 23.2 Å². The lowest BCUT2D eigenvalue weighted by Crippen LogP contribution is -2.69. The normalized spacial score (nSPS) is 41.7. The van der Waals surface area contributed by atoms with Gasteiger partial charge in [-0.1, -0.05) is 32.9 Å². The number of nitrogens with two attached hydrogens (primary N) is 1. The van der Waals surface area contributed by atoms with Gasteiger partial charge in [-0.05, 0) is 43.6 Å². The minimum atomic E-state index is -1.81. The van der Waals surface area contributed by atoms with Crippen molar-refractivity contribution in [2.24, 2.45) is 28.9 Å². The van der Waals surface area contributed by atoms with E-state index in [1.807, 2.05) is 34.0 Å². The van der Waals surface area contributed by atoms with E-state index in [0.29, 0.717) is 23.3 Å². The lowest BCUT2D eigenvalue weighted by molar-refractivity contribution is -0.246. The Kier molecular flexibility index (Phi) is 6.55. The maximum atomic E-state index is 12.9. The van der Waals surface area contributed by atoms with Gasteiger partial charge in [0, 0.05) is 29.4 Å². The summed E-state index contributed by atoms with van der Waals surface area (Å²) >= 11 is 1.46. The Morgan fingerprint density at radius 3 is 2.47 bits per heavy atom. The van der Waals surface area contributed by atoms with E-state index in [1.165, 1.54) is 11.8 Å². The van der Waals surface area contributed by atoms with Gasteiger partial charge in [-0.3, -0.25) is 9.59 Å². The Morgan fingerprint density at radius 2 is 1.91 bits per heavy atom. The molecular formula is C24H37NO6S. The summed E-state index contributed by atoms with van der Waals surface area (Å²) in [6.45, 7) is 8.87. The molecule has 0 heterocycles. The summed E-state index contributed by atoms with van der Waals surface area (Å²) in [7, 11) is 0. The van der Waals surface area contributed by atoms with Crippen LogP contribution in [0.3, 0.4) is 0 Å². The molecule has 0 radical (unpaired) electrons. The number of carbonyl (C=O) groups excluding carboxylic acids is 2. The molecule has 8 heteroatoms. The number of aliphatic hydroxyl groups excluding tert-OH is 1. The lowest BCUT2D eigenvalue weighted by Gasteiger charge is -2.61. The molecule has 0 unspecified atom stereocenters. The van der Waals surface area contributed by atoms with Gasteiger partial charge in [0.1, 0.15) is 17.2 Å². The molecule has 0 aromatic heterocycles. The number of hydrogen-bond donors (Lipinski definition) is 4. The zero-order valence-electron chi connectivity index (χ0n) is 19.8. The number of fused-ring (bicyclic) bond motifs is 3. The molecule has 0 spiro atoms. The maximum absolute atomic E-state index is 12.9. The Bertz CT molecular complexity index is 869. The molecule has 32 heavy (non-hydrogen) atoms. The van der Waals surface area contributed by atoms with Gasteiger partial charge >= 0.3 is 5.97 Å². The van der Waals surface area contributed by atoms with Crippen LogP contribution in [0.2, 0.25) is 0 Å². The van der Waals surface area contributed by atoms with Crippen LogP contribution in [0.5, 0.6) is 0 Å². The molecule has 3 aliphatic carbocycles. The van der Waals surface area contributed by atoms with Crippen molar-refractivity contribution in [1.29, 1.82) is 0 Å². The van der Waals surface area contributed by atoms with E-state index in [2.05, 4.69) is 0 Å². The van der Waals surface area contributed by atoms with Crippen LogP contribution in [0.1, 0.15) is 47.5 Å². The smallest absolute Gasteiger partial charge is 0.324 e. The van der Waals surface area contributed by atoms with Crippen molar-refractivity contribution in [3.8, 4) is 0 Å². The predicted octanol–water partition coefficient (Wildman–Crippen LogP) is 1.59. The van der Waals surface area contributed by atoms with E-state index in [4.69, 9.17) is 10.5 Å². The molecule has 7 atom stereocenters. The number of carbonyl (C=O) groups is 2. The van der Waals surface area contributed by atoms with E-state index < -0.39 is 57.8 Å². The first kappa shape index (κ1) is 25.4. The number of thioether (sulfide) groups is 1. The number of hydrogen-bond acceptors (Lipinski definition) is 8. The van der Waals surface area contributed by atoms with Crippen LogP contribution >= 0.6 is 11.8 Å². The zero-order chi connectivity index (χ0) is 24.3. The highest BCUT2D eigenvalue weighted by molar-refractivity contribution is 7.98. The average Bonchev–Trinajstić information content (AvgIpc) is 2.86. The Hall–Kier alpha value is -1.19. The molecule has 0 aliphatic heterocycles. The first-order valence-electron chi connectivity index (χ1n) is 11.1. The molecule has 1 saturated carbocycles. The van der Waals surface area contributed by atoms with Gasteiger partial charge in [0.2, 0.25) is 0 Å². The van der Waals surface area contributed by atoms with E-state index in [0.717, 1.165) is 0 Å². The van der Waals surface area contributed by atoms with E-state index in [9.17, 15) is 24.9 Å². The number of esters is 1. The Balaban J connectivity index is 2.12. The van der Waals surface area contributed by atoms with E-state index in [-0.39, 0.29) is 13.0 Å². The van der Waals surface area contributed by atoms with E-state index in [1.54, 1.807) is 19.1 Å². The van der Waals surface area contributed by atoms with Crippen molar-refractivity contribution in [3.05, 3.63) is 23.3 Å². The van der Waals surface area contributed by atoms with Gasteiger partial charge in [-0.15, -0.1) is 0 Å². The average molecular weight is 468 g/mol. The molecule has 0 aromatic carbocycles. The highest BCUT2D eigenvalue weighted by Gasteiger charge is 2.69. The molecule has 0 aromatic rings. The zero-order valence-corrected chi connectivity index (χ0v) is 20.7. The minimum absolute atomic E-state index is 0.0441.